The maximum Gasteiger partial charge on any atom is 0.230 e. The third-order valence-electron chi connectivity index (χ3n) is 5.62. The van der Waals surface area contributed by atoms with Crippen molar-refractivity contribution in [3.8, 4) is 16.9 Å². The largest absolute Gasteiger partial charge is 0.355 e. The van der Waals surface area contributed by atoms with Crippen LogP contribution in [-0.4, -0.2) is 41.8 Å². The highest BCUT2D eigenvalue weighted by Gasteiger charge is 2.28. The normalized spacial score (nSPS) is 16.1. The number of sulfone groups is 1. The van der Waals surface area contributed by atoms with Crippen molar-refractivity contribution in [1.82, 2.24) is 15.1 Å². The summed E-state index contributed by atoms with van der Waals surface area (Å²) < 4.78 is 26.5. The number of nitrogens with zero attached hydrogens (tertiary/aromatic N) is 2. The van der Waals surface area contributed by atoms with E-state index in [9.17, 15) is 18.0 Å². The Hall–Kier alpha value is -3.46. The van der Waals surface area contributed by atoms with E-state index in [0.717, 1.165) is 11.3 Å². The molecule has 2 amide bonds. The molecule has 2 heterocycles. The number of benzene rings is 2. The van der Waals surface area contributed by atoms with Crippen LogP contribution in [0.1, 0.15) is 25.8 Å². The van der Waals surface area contributed by atoms with Crippen molar-refractivity contribution in [3.63, 3.8) is 0 Å². The summed E-state index contributed by atoms with van der Waals surface area (Å²) in [7, 11) is -3.25. The van der Waals surface area contributed by atoms with Crippen LogP contribution in [-0.2, 0) is 25.2 Å². The molecule has 1 saturated heterocycles. The summed E-state index contributed by atoms with van der Waals surface area (Å²) in [5, 5.41) is 9.59. The minimum absolute atomic E-state index is 0.0513. The van der Waals surface area contributed by atoms with Gasteiger partial charge in [-0.1, -0.05) is 36.4 Å². The molecule has 1 aliphatic heterocycles. The molecule has 4 rings (SSSR count). The Morgan fingerprint density at radius 2 is 1.91 bits per heavy atom. The number of carbonyl (C=O) groups excluding carboxylic acids is 2. The minimum atomic E-state index is -3.25. The number of anilines is 1. The zero-order valence-electron chi connectivity index (χ0n) is 18.5. The maximum absolute atomic E-state index is 12.6. The fourth-order valence-electron chi connectivity index (χ4n) is 3.65. The van der Waals surface area contributed by atoms with Gasteiger partial charge in [0.25, 0.3) is 0 Å². The molecule has 1 fully saturated rings. The summed E-state index contributed by atoms with van der Waals surface area (Å²) >= 11 is 0. The van der Waals surface area contributed by atoms with E-state index in [-0.39, 0.29) is 24.0 Å². The summed E-state index contributed by atoms with van der Waals surface area (Å²) in [6, 6.07) is 18.6. The quantitative estimate of drug-likeness (QED) is 0.556. The van der Waals surface area contributed by atoms with E-state index >= 15 is 0 Å². The first-order valence-corrected chi connectivity index (χ1v) is 12.5. The lowest BCUT2D eigenvalue weighted by Crippen LogP contribution is -2.24. The van der Waals surface area contributed by atoms with Crippen molar-refractivity contribution in [1.29, 1.82) is 0 Å². The van der Waals surface area contributed by atoms with Gasteiger partial charge in [-0.25, -0.2) is 13.1 Å². The first kappa shape index (κ1) is 22.7. The van der Waals surface area contributed by atoms with Crippen molar-refractivity contribution in [2.45, 2.75) is 31.3 Å². The summed E-state index contributed by atoms with van der Waals surface area (Å²) in [5.74, 6) is -0.538. The predicted molar refractivity (Wildman–Crippen MR) is 127 cm³/mol. The first-order valence-electron chi connectivity index (χ1n) is 10.8. The van der Waals surface area contributed by atoms with Gasteiger partial charge in [0.1, 0.15) is 0 Å². The zero-order valence-corrected chi connectivity index (χ0v) is 19.3. The fourth-order valence-corrected chi connectivity index (χ4v) is 4.63. The van der Waals surface area contributed by atoms with Crippen molar-refractivity contribution < 1.29 is 18.0 Å². The van der Waals surface area contributed by atoms with Crippen molar-refractivity contribution in [3.05, 3.63) is 66.2 Å². The number of para-hydroxylation sites is 1. The number of aromatic nitrogens is 2. The second-order valence-corrected chi connectivity index (χ2v) is 11.0. The van der Waals surface area contributed by atoms with Crippen LogP contribution in [0.5, 0.6) is 0 Å². The molecule has 1 aliphatic rings. The molecule has 0 bridgehead atoms. The van der Waals surface area contributed by atoms with Crippen molar-refractivity contribution in [2.75, 3.05) is 11.9 Å². The summed E-state index contributed by atoms with van der Waals surface area (Å²) in [6.07, 6.45) is 0.157. The van der Waals surface area contributed by atoms with Gasteiger partial charge in [0.15, 0.2) is 15.7 Å². The van der Waals surface area contributed by atoms with Gasteiger partial charge < -0.3 is 10.6 Å². The third kappa shape index (κ3) is 5.14. The standard InChI is InChI=1S/C24H26N4O4S/c1-16(2)33(31,32)15-17-7-6-8-18(11-17)21-13-22(26-24(30)19-12-23(29)25-14-19)27-28(21)20-9-4-3-5-10-20/h3-11,13,16,19H,12,14-15H2,1-2H3,(H,25,29)(H,26,27,30)/t19-/m0/s1. The van der Waals surface area contributed by atoms with Crippen LogP contribution in [0.15, 0.2) is 60.7 Å². The number of nitrogens with one attached hydrogen (secondary N) is 2. The topological polar surface area (TPSA) is 110 Å². The molecule has 1 aromatic heterocycles. The van der Waals surface area contributed by atoms with E-state index < -0.39 is 21.0 Å². The van der Waals surface area contributed by atoms with Gasteiger partial charge in [-0.05, 0) is 37.6 Å². The third-order valence-corrected chi connectivity index (χ3v) is 7.79. The van der Waals surface area contributed by atoms with Crippen LogP contribution in [0.4, 0.5) is 5.82 Å². The summed E-state index contributed by atoms with van der Waals surface area (Å²) in [6.45, 7) is 3.65. The highest BCUT2D eigenvalue weighted by Crippen LogP contribution is 2.28. The fraction of sp³-hybridized carbons (Fsp3) is 0.292. The molecule has 0 unspecified atom stereocenters. The van der Waals surface area contributed by atoms with Gasteiger partial charge in [-0.3, -0.25) is 9.59 Å². The molecule has 3 aromatic rings. The number of carbonyl (C=O) groups is 2. The van der Waals surface area contributed by atoms with Crippen molar-refractivity contribution >= 4 is 27.5 Å². The number of hydrogen-bond acceptors (Lipinski definition) is 5. The number of rotatable bonds is 7. The first-order chi connectivity index (χ1) is 15.7. The number of hydrogen-bond donors (Lipinski definition) is 2. The lowest BCUT2D eigenvalue weighted by molar-refractivity contribution is -0.123. The molecule has 0 spiro atoms. The number of amides is 2. The molecular weight excluding hydrogens is 440 g/mol. The van der Waals surface area contributed by atoms with E-state index in [1.807, 2.05) is 48.5 Å². The molecule has 33 heavy (non-hydrogen) atoms. The highest BCUT2D eigenvalue weighted by molar-refractivity contribution is 7.91. The van der Waals surface area contributed by atoms with E-state index in [2.05, 4.69) is 15.7 Å². The van der Waals surface area contributed by atoms with Crippen LogP contribution in [0.3, 0.4) is 0 Å². The molecule has 2 aromatic carbocycles. The Kier molecular flexibility index (Phi) is 6.33. The summed E-state index contributed by atoms with van der Waals surface area (Å²) in [4.78, 5) is 24.1. The Morgan fingerprint density at radius 3 is 2.58 bits per heavy atom. The van der Waals surface area contributed by atoms with E-state index in [0.29, 0.717) is 23.6 Å². The molecular formula is C24H26N4O4S. The van der Waals surface area contributed by atoms with Crippen LogP contribution < -0.4 is 10.6 Å². The van der Waals surface area contributed by atoms with Gasteiger partial charge in [-0.15, -0.1) is 5.10 Å². The second-order valence-electron chi connectivity index (χ2n) is 8.41. The van der Waals surface area contributed by atoms with E-state index in [1.165, 1.54) is 0 Å². The molecule has 1 atom stereocenters. The Balaban J connectivity index is 1.69. The molecule has 0 aliphatic carbocycles. The average Bonchev–Trinajstić information content (AvgIpc) is 3.41. The lowest BCUT2D eigenvalue weighted by atomic mass is 10.1. The monoisotopic (exact) mass is 466 g/mol. The highest BCUT2D eigenvalue weighted by atomic mass is 32.2. The maximum atomic E-state index is 12.6. The van der Waals surface area contributed by atoms with Crippen molar-refractivity contribution in [2.24, 2.45) is 5.92 Å². The Bertz CT molecular complexity index is 1280. The molecule has 8 nitrogen and oxygen atoms in total. The van der Waals surface area contributed by atoms with Gasteiger partial charge in [0, 0.05) is 24.6 Å². The summed E-state index contributed by atoms with van der Waals surface area (Å²) in [5.41, 5.74) is 2.97. The molecule has 0 radical (unpaired) electrons. The average molecular weight is 467 g/mol. The Labute approximate surface area is 192 Å². The Morgan fingerprint density at radius 1 is 1.15 bits per heavy atom. The minimum Gasteiger partial charge on any atom is -0.355 e. The molecule has 9 heteroatoms. The zero-order chi connectivity index (χ0) is 23.6. The van der Waals surface area contributed by atoms with E-state index in [4.69, 9.17) is 0 Å². The molecule has 2 N–H and O–H groups in total. The SMILES string of the molecule is CC(C)S(=O)(=O)Cc1cccc(-c2cc(NC(=O)[C@@H]3CNC(=O)C3)nn2-c2ccccc2)c1. The van der Waals surface area contributed by atoms with Crippen LogP contribution in [0, 0.1) is 5.92 Å². The van der Waals surface area contributed by atoms with Crippen LogP contribution in [0.2, 0.25) is 0 Å². The predicted octanol–water partition coefficient (Wildman–Crippen LogP) is 2.94. The molecule has 0 saturated carbocycles. The lowest BCUT2D eigenvalue weighted by Gasteiger charge is -2.10. The van der Waals surface area contributed by atoms with Crippen LogP contribution in [0.25, 0.3) is 16.9 Å². The van der Waals surface area contributed by atoms with Gasteiger partial charge in [0.05, 0.1) is 28.3 Å². The second kappa shape index (κ2) is 9.19. The van der Waals surface area contributed by atoms with Gasteiger partial charge >= 0.3 is 0 Å². The molecule has 172 valence electrons. The van der Waals surface area contributed by atoms with Gasteiger partial charge in [-0.2, -0.15) is 0 Å². The van der Waals surface area contributed by atoms with E-state index in [1.54, 1.807) is 30.7 Å². The smallest absolute Gasteiger partial charge is 0.230 e. The van der Waals surface area contributed by atoms with Crippen LogP contribution >= 0.6 is 0 Å². The van der Waals surface area contributed by atoms with Gasteiger partial charge in [0.2, 0.25) is 11.8 Å².